The molecule has 0 bridgehead atoms. The summed E-state index contributed by atoms with van der Waals surface area (Å²) in [5.74, 6) is 0. The van der Waals surface area contributed by atoms with Gasteiger partial charge in [0.15, 0.2) is 0 Å². The van der Waals surface area contributed by atoms with Gasteiger partial charge in [-0.3, -0.25) is 0 Å². The van der Waals surface area contributed by atoms with Crippen molar-refractivity contribution in [2.24, 2.45) is 0 Å². The molecule has 1 heterocycles. The summed E-state index contributed by atoms with van der Waals surface area (Å²) in [7, 11) is -1.60. The highest BCUT2D eigenvalue weighted by Crippen LogP contribution is 2.21. The molecular weight excluding hydrogens is 328 g/mol. The van der Waals surface area contributed by atoms with Gasteiger partial charge in [0, 0.05) is 18.0 Å². The highest BCUT2D eigenvalue weighted by atomic mass is 35.5. The summed E-state index contributed by atoms with van der Waals surface area (Å²) in [6.45, 7) is 1.07. The minimum Gasteiger partial charge on any atom is -0.316 e. The summed E-state index contributed by atoms with van der Waals surface area (Å²) in [5.41, 5.74) is 1.05. The Balaban J connectivity index is 1.94. The maximum atomic E-state index is 12.1. The van der Waals surface area contributed by atoms with Crippen LogP contribution in [-0.2, 0) is 23.0 Å². The van der Waals surface area contributed by atoms with E-state index in [4.69, 9.17) is 11.6 Å². The first-order valence-electron chi connectivity index (χ1n) is 6.49. The smallest absolute Gasteiger partial charge is 0.240 e. The van der Waals surface area contributed by atoms with Gasteiger partial charge in [0.25, 0.3) is 0 Å². The lowest BCUT2D eigenvalue weighted by molar-refractivity contribution is 0.582. The van der Waals surface area contributed by atoms with Crippen LogP contribution in [0.1, 0.15) is 10.4 Å². The van der Waals surface area contributed by atoms with E-state index in [0.717, 1.165) is 10.4 Å². The first-order valence-corrected chi connectivity index (χ1v) is 9.16. The Morgan fingerprint density at radius 3 is 2.43 bits per heavy atom. The number of hydrogen-bond acceptors (Lipinski definition) is 4. The number of nitrogens with one attached hydrogen (secondary N) is 2. The quantitative estimate of drug-likeness (QED) is 0.811. The van der Waals surface area contributed by atoms with Crippen molar-refractivity contribution in [3.63, 3.8) is 0 Å². The zero-order valence-electron chi connectivity index (χ0n) is 11.6. The number of halogens is 1. The highest BCUT2D eigenvalue weighted by molar-refractivity contribution is 7.89. The van der Waals surface area contributed by atoms with Crippen molar-refractivity contribution in [1.82, 2.24) is 10.0 Å². The maximum absolute atomic E-state index is 12.1. The van der Waals surface area contributed by atoms with Gasteiger partial charge >= 0.3 is 0 Å². The Hall–Kier alpha value is -0.920. The third-order valence-corrected chi connectivity index (χ3v) is 5.67. The summed E-state index contributed by atoms with van der Waals surface area (Å²) < 4.78 is 27.6. The fourth-order valence-electron chi connectivity index (χ4n) is 1.87. The molecule has 21 heavy (non-hydrogen) atoms. The lowest BCUT2D eigenvalue weighted by Crippen LogP contribution is -2.25. The van der Waals surface area contributed by atoms with Crippen molar-refractivity contribution in [3.8, 4) is 0 Å². The van der Waals surface area contributed by atoms with Crippen molar-refractivity contribution in [3.05, 3.63) is 51.2 Å². The van der Waals surface area contributed by atoms with Gasteiger partial charge in [0.1, 0.15) is 0 Å². The molecular formula is C14H17ClN2O2S2. The second-order valence-corrected chi connectivity index (χ2v) is 8.09. The molecule has 1 aromatic carbocycles. The average molecular weight is 345 g/mol. The average Bonchev–Trinajstić information content (AvgIpc) is 2.85. The third-order valence-electron chi connectivity index (χ3n) is 2.91. The Bertz CT molecular complexity index is 681. The van der Waals surface area contributed by atoms with Crippen LogP contribution in [0.5, 0.6) is 0 Å². The molecule has 2 aromatic rings. The van der Waals surface area contributed by atoms with Crippen LogP contribution in [0.3, 0.4) is 0 Å². The Kier molecular flexibility index (Phi) is 5.78. The summed E-state index contributed by atoms with van der Waals surface area (Å²) in [6.07, 6.45) is 0.633. The van der Waals surface area contributed by atoms with E-state index in [1.807, 2.05) is 31.3 Å². The van der Waals surface area contributed by atoms with Crippen molar-refractivity contribution in [1.29, 1.82) is 0 Å². The molecule has 0 aliphatic rings. The number of benzene rings is 1. The van der Waals surface area contributed by atoms with Gasteiger partial charge in [0.05, 0.1) is 9.23 Å². The topological polar surface area (TPSA) is 58.2 Å². The monoisotopic (exact) mass is 344 g/mol. The minimum atomic E-state index is -3.45. The molecule has 0 saturated carbocycles. The van der Waals surface area contributed by atoms with E-state index in [9.17, 15) is 8.42 Å². The lowest BCUT2D eigenvalue weighted by atomic mass is 10.2. The molecule has 0 aliphatic heterocycles. The standard InChI is InChI=1S/C14H17ClN2O2S2/c1-16-10-11-2-5-13(6-3-11)21(18,19)17-9-8-12-4-7-14(15)20-12/h2-7,16-17H,8-10H2,1H3. The van der Waals surface area contributed by atoms with E-state index >= 15 is 0 Å². The summed E-state index contributed by atoms with van der Waals surface area (Å²) in [6, 6.07) is 10.6. The van der Waals surface area contributed by atoms with Gasteiger partial charge in [-0.1, -0.05) is 23.7 Å². The van der Waals surface area contributed by atoms with Crippen LogP contribution >= 0.6 is 22.9 Å². The van der Waals surface area contributed by atoms with Crippen LogP contribution in [0.15, 0.2) is 41.3 Å². The molecule has 0 fully saturated rings. The molecule has 0 saturated heterocycles. The molecule has 0 radical (unpaired) electrons. The molecule has 1 aromatic heterocycles. The van der Waals surface area contributed by atoms with Crippen LogP contribution < -0.4 is 10.0 Å². The fraction of sp³-hybridized carbons (Fsp3) is 0.286. The van der Waals surface area contributed by atoms with Crippen LogP contribution in [0.2, 0.25) is 4.34 Å². The van der Waals surface area contributed by atoms with E-state index < -0.39 is 10.0 Å². The highest BCUT2D eigenvalue weighted by Gasteiger charge is 2.13. The second-order valence-electron chi connectivity index (χ2n) is 4.53. The van der Waals surface area contributed by atoms with Crippen molar-refractivity contribution in [2.75, 3.05) is 13.6 Å². The zero-order chi connectivity index (χ0) is 15.3. The van der Waals surface area contributed by atoms with Gasteiger partial charge in [-0.05, 0) is 43.3 Å². The first kappa shape index (κ1) is 16.5. The molecule has 0 unspecified atom stereocenters. The summed E-state index contributed by atoms with van der Waals surface area (Å²) in [5, 5.41) is 3.02. The number of sulfonamides is 1. The second kappa shape index (κ2) is 7.38. The molecule has 0 aliphatic carbocycles. The molecule has 0 amide bonds. The SMILES string of the molecule is CNCc1ccc(S(=O)(=O)NCCc2ccc(Cl)s2)cc1. The van der Waals surface area contributed by atoms with E-state index in [0.29, 0.717) is 23.8 Å². The number of hydrogen-bond donors (Lipinski definition) is 2. The molecule has 2 N–H and O–H groups in total. The number of thiophene rings is 1. The molecule has 0 spiro atoms. The minimum absolute atomic E-state index is 0.284. The van der Waals surface area contributed by atoms with Crippen molar-refractivity contribution in [2.45, 2.75) is 17.9 Å². The molecule has 7 heteroatoms. The molecule has 0 atom stereocenters. The van der Waals surface area contributed by atoms with Gasteiger partial charge in [-0.2, -0.15) is 0 Å². The molecule has 4 nitrogen and oxygen atoms in total. The first-order chi connectivity index (χ1) is 10.0. The normalized spacial score (nSPS) is 11.7. The van der Waals surface area contributed by atoms with Crippen LogP contribution in [0.25, 0.3) is 0 Å². The lowest BCUT2D eigenvalue weighted by Gasteiger charge is -2.07. The summed E-state index contributed by atoms with van der Waals surface area (Å²) in [4.78, 5) is 1.35. The zero-order valence-corrected chi connectivity index (χ0v) is 14.0. The van der Waals surface area contributed by atoms with Crippen molar-refractivity contribution < 1.29 is 8.42 Å². The Morgan fingerprint density at radius 2 is 1.86 bits per heavy atom. The van der Waals surface area contributed by atoms with Gasteiger partial charge in [-0.25, -0.2) is 13.1 Å². The molecule has 2 rings (SSSR count). The molecule has 114 valence electrons. The van der Waals surface area contributed by atoms with Gasteiger partial charge in [-0.15, -0.1) is 11.3 Å². The Labute approximate surface area is 134 Å². The van der Waals surface area contributed by atoms with E-state index in [2.05, 4.69) is 10.0 Å². The fourth-order valence-corrected chi connectivity index (χ4v) is 3.99. The summed E-state index contributed by atoms with van der Waals surface area (Å²) >= 11 is 7.31. The largest absolute Gasteiger partial charge is 0.316 e. The van der Waals surface area contributed by atoms with Gasteiger partial charge in [0.2, 0.25) is 10.0 Å². The van der Waals surface area contributed by atoms with Crippen LogP contribution in [-0.4, -0.2) is 22.0 Å². The Morgan fingerprint density at radius 1 is 1.14 bits per heavy atom. The van der Waals surface area contributed by atoms with Crippen LogP contribution in [0, 0.1) is 0 Å². The van der Waals surface area contributed by atoms with Crippen LogP contribution in [0.4, 0.5) is 0 Å². The van der Waals surface area contributed by atoms with E-state index in [-0.39, 0.29) is 4.90 Å². The van der Waals surface area contributed by atoms with E-state index in [1.165, 1.54) is 11.3 Å². The predicted octanol–water partition coefficient (Wildman–Crippen LogP) is 2.64. The predicted molar refractivity (Wildman–Crippen MR) is 87.4 cm³/mol. The van der Waals surface area contributed by atoms with Crippen molar-refractivity contribution >= 4 is 33.0 Å². The third kappa shape index (κ3) is 4.79. The number of rotatable bonds is 7. The van der Waals surface area contributed by atoms with Gasteiger partial charge < -0.3 is 5.32 Å². The maximum Gasteiger partial charge on any atom is 0.240 e. The van der Waals surface area contributed by atoms with E-state index in [1.54, 1.807) is 12.1 Å².